The highest BCUT2D eigenvalue weighted by Crippen LogP contribution is 2.39. The van der Waals surface area contributed by atoms with E-state index in [4.69, 9.17) is 5.10 Å². The summed E-state index contributed by atoms with van der Waals surface area (Å²) in [6, 6.07) is 26.5. The third-order valence-electron chi connectivity index (χ3n) is 6.22. The summed E-state index contributed by atoms with van der Waals surface area (Å²) >= 11 is 0. The van der Waals surface area contributed by atoms with Crippen LogP contribution in [0.1, 0.15) is 38.8 Å². The molecule has 3 aromatic carbocycles. The van der Waals surface area contributed by atoms with Crippen LogP contribution < -0.4 is 9.91 Å². The van der Waals surface area contributed by atoms with E-state index in [-0.39, 0.29) is 5.91 Å². The quantitative estimate of drug-likeness (QED) is 0.489. The summed E-state index contributed by atoms with van der Waals surface area (Å²) in [6.07, 6.45) is 1.95. The van der Waals surface area contributed by atoms with Crippen molar-refractivity contribution in [1.29, 1.82) is 0 Å². The molecule has 0 aromatic heterocycles. The van der Waals surface area contributed by atoms with Gasteiger partial charge in [0.05, 0.1) is 11.4 Å². The van der Waals surface area contributed by atoms with E-state index >= 15 is 0 Å². The fraction of sp³-hybridized carbons (Fsp3) is 0.259. The van der Waals surface area contributed by atoms with Gasteiger partial charge in [0, 0.05) is 11.4 Å². The number of aryl methyl sites for hydroxylation is 2. The van der Waals surface area contributed by atoms with E-state index < -0.39 is 5.54 Å². The summed E-state index contributed by atoms with van der Waals surface area (Å²) < 4.78 is 0. The zero-order valence-electron chi connectivity index (χ0n) is 18.7. The van der Waals surface area contributed by atoms with E-state index in [9.17, 15) is 4.79 Å². The Morgan fingerprint density at radius 3 is 1.74 bits per heavy atom. The fourth-order valence-electron chi connectivity index (χ4n) is 4.08. The van der Waals surface area contributed by atoms with Crippen molar-refractivity contribution in [2.45, 2.75) is 46.1 Å². The molecule has 31 heavy (non-hydrogen) atoms. The lowest BCUT2D eigenvalue weighted by molar-refractivity contribution is -0.120. The van der Waals surface area contributed by atoms with Crippen LogP contribution in [0.5, 0.6) is 0 Å². The minimum Gasteiger partial charge on any atom is -0.321 e. The van der Waals surface area contributed by atoms with Crippen LogP contribution in [0.4, 0.5) is 17.1 Å². The molecule has 4 rings (SSSR count). The van der Waals surface area contributed by atoms with E-state index in [2.05, 4.69) is 67.3 Å². The second kappa shape index (κ2) is 8.38. The van der Waals surface area contributed by atoms with Crippen LogP contribution in [-0.2, 0) is 17.6 Å². The summed E-state index contributed by atoms with van der Waals surface area (Å²) in [5.74, 6) is -0.0599. The van der Waals surface area contributed by atoms with Crippen LogP contribution in [0, 0.1) is 0 Å². The lowest BCUT2D eigenvalue weighted by Crippen LogP contribution is -2.55. The van der Waals surface area contributed by atoms with E-state index in [1.807, 2.05) is 44.2 Å². The van der Waals surface area contributed by atoms with Gasteiger partial charge in [-0.05, 0) is 74.2 Å². The Hall–Kier alpha value is -3.40. The average Bonchev–Trinajstić information content (AvgIpc) is 3.05. The van der Waals surface area contributed by atoms with Crippen molar-refractivity contribution < 1.29 is 4.79 Å². The molecular formula is C27H29N3O. The molecule has 1 aliphatic rings. The number of hydrogen-bond donors (Lipinski definition) is 0. The maximum absolute atomic E-state index is 13.8. The highest BCUT2D eigenvalue weighted by molar-refractivity contribution is 6.25. The minimum atomic E-state index is -0.933. The van der Waals surface area contributed by atoms with Gasteiger partial charge in [0.1, 0.15) is 0 Å². The first kappa shape index (κ1) is 20.9. The van der Waals surface area contributed by atoms with Gasteiger partial charge in [0.25, 0.3) is 5.91 Å². The Kier molecular flexibility index (Phi) is 5.64. The molecule has 3 aromatic rings. The first-order valence-electron chi connectivity index (χ1n) is 10.9. The Morgan fingerprint density at radius 1 is 0.806 bits per heavy atom. The Balaban J connectivity index is 1.83. The third-order valence-corrected chi connectivity index (χ3v) is 6.22. The number of carbonyl (C=O) groups excluding carboxylic acids is 1. The topological polar surface area (TPSA) is 35.9 Å². The van der Waals surface area contributed by atoms with Crippen molar-refractivity contribution in [3.8, 4) is 0 Å². The first-order chi connectivity index (χ1) is 15.0. The second-order valence-electron chi connectivity index (χ2n) is 8.09. The average molecular weight is 412 g/mol. The van der Waals surface area contributed by atoms with Crippen LogP contribution in [0.25, 0.3) is 0 Å². The fourth-order valence-corrected chi connectivity index (χ4v) is 4.08. The molecule has 1 atom stereocenters. The molecule has 0 N–H and O–H groups in total. The predicted octanol–water partition coefficient (Wildman–Crippen LogP) is 6.13. The van der Waals surface area contributed by atoms with E-state index in [0.29, 0.717) is 0 Å². The molecular weight excluding hydrogens is 382 g/mol. The van der Waals surface area contributed by atoms with E-state index in [1.54, 1.807) is 0 Å². The molecule has 1 aliphatic heterocycles. The number of nitrogens with zero attached hydrogens (tertiary/aromatic N) is 3. The highest BCUT2D eigenvalue weighted by Gasteiger charge is 2.51. The van der Waals surface area contributed by atoms with Crippen molar-refractivity contribution in [3.05, 3.63) is 90.0 Å². The van der Waals surface area contributed by atoms with Gasteiger partial charge in [-0.15, -0.1) is 0 Å². The molecule has 0 saturated heterocycles. The van der Waals surface area contributed by atoms with Crippen molar-refractivity contribution in [1.82, 2.24) is 0 Å². The lowest BCUT2D eigenvalue weighted by Gasteiger charge is -2.39. The lowest BCUT2D eigenvalue weighted by atomic mass is 9.91. The van der Waals surface area contributed by atoms with Gasteiger partial charge in [-0.2, -0.15) is 10.1 Å². The number of anilines is 3. The maximum atomic E-state index is 13.8. The number of benzene rings is 3. The molecule has 0 radical (unpaired) electrons. The Bertz CT molecular complexity index is 1040. The van der Waals surface area contributed by atoms with E-state index in [1.165, 1.54) is 16.1 Å². The van der Waals surface area contributed by atoms with Gasteiger partial charge in [-0.1, -0.05) is 56.3 Å². The summed E-state index contributed by atoms with van der Waals surface area (Å²) in [6.45, 7) is 8.20. The van der Waals surface area contributed by atoms with Gasteiger partial charge in [-0.3, -0.25) is 4.79 Å². The molecule has 1 unspecified atom stereocenters. The van der Waals surface area contributed by atoms with Crippen LogP contribution in [-0.4, -0.2) is 17.2 Å². The molecule has 0 fully saturated rings. The minimum absolute atomic E-state index is 0.0599. The molecule has 1 heterocycles. The normalized spacial score (nSPS) is 18.3. The van der Waals surface area contributed by atoms with Gasteiger partial charge in [-0.25, -0.2) is 0 Å². The second-order valence-corrected chi connectivity index (χ2v) is 8.09. The molecule has 4 nitrogen and oxygen atoms in total. The largest absolute Gasteiger partial charge is 0.321 e. The predicted molar refractivity (Wildman–Crippen MR) is 129 cm³/mol. The smallest absolute Gasteiger partial charge is 0.279 e. The first-order valence-corrected chi connectivity index (χ1v) is 10.9. The van der Waals surface area contributed by atoms with Crippen molar-refractivity contribution >= 4 is 28.7 Å². The summed E-state index contributed by atoms with van der Waals surface area (Å²) in [5, 5.41) is 6.22. The Labute approximate surface area is 184 Å². The van der Waals surface area contributed by atoms with Crippen LogP contribution in [0.3, 0.4) is 0 Å². The zero-order valence-corrected chi connectivity index (χ0v) is 18.7. The number of rotatable bonds is 6. The summed E-state index contributed by atoms with van der Waals surface area (Å²) in [4.78, 5) is 16.0. The summed E-state index contributed by atoms with van der Waals surface area (Å²) in [7, 11) is 0. The van der Waals surface area contributed by atoms with E-state index in [0.717, 1.165) is 35.6 Å². The number of amides is 1. The zero-order chi connectivity index (χ0) is 22.0. The molecule has 4 heteroatoms. The molecule has 0 bridgehead atoms. The third kappa shape index (κ3) is 3.63. The van der Waals surface area contributed by atoms with Gasteiger partial charge in [0.15, 0.2) is 5.54 Å². The highest BCUT2D eigenvalue weighted by atomic mass is 16.2. The van der Waals surface area contributed by atoms with Crippen molar-refractivity contribution in [2.75, 3.05) is 9.91 Å². The van der Waals surface area contributed by atoms with Crippen LogP contribution in [0.15, 0.2) is 84.0 Å². The maximum Gasteiger partial charge on any atom is 0.279 e. The SMILES string of the molecule is CCc1ccc(N(c2ccc(CC)cc2)C2(C)C(=O)N(c3ccccc3)N=C2C)cc1. The molecule has 158 valence electrons. The number of carbonyl (C=O) groups is 1. The summed E-state index contributed by atoms with van der Waals surface area (Å²) in [5.41, 5.74) is 5.09. The monoisotopic (exact) mass is 411 g/mol. The Morgan fingerprint density at radius 2 is 1.29 bits per heavy atom. The molecule has 1 amide bonds. The van der Waals surface area contributed by atoms with Crippen LogP contribution >= 0.6 is 0 Å². The van der Waals surface area contributed by atoms with Gasteiger partial charge < -0.3 is 4.90 Å². The van der Waals surface area contributed by atoms with Gasteiger partial charge >= 0.3 is 0 Å². The van der Waals surface area contributed by atoms with Gasteiger partial charge in [0.2, 0.25) is 0 Å². The van der Waals surface area contributed by atoms with Crippen LogP contribution in [0.2, 0.25) is 0 Å². The van der Waals surface area contributed by atoms with Crippen molar-refractivity contribution in [2.24, 2.45) is 5.10 Å². The van der Waals surface area contributed by atoms with Crippen molar-refractivity contribution in [3.63, 3.8) is 0 Å². The number of hydrogen-bond acceptors (Lipinski definition) is 3. The number of hydrazone groups is 1. The number of para-hydroxylation sites is 1. The standard InChI is InChI=1S/C27H29N3O/c1-5-21-12-16-23(17-13-21)29(24-18-14-22(6-2)15-19-24)27(4)20(3)28-30(26(27)31)25-10-8-7-9-11-25/h7-19H,5-6H2,1-4H3. The molecule has 0 aliphatic carbocycles. The molecule has 0 saturated carbocycles. The molecule has 0 spiro atoms.